The maximum absolute atomic E-state index is 14.5. The van der Waals surface area contributed by atoms with E-state index in [9.17, 15) is 18.4 Å². The van der Waals surface area contributed by atoms with E-state index in [-0.39, 0.29) is 41.6 Å². The van der Waals surface area contributed by atoms with E-state index in [0.717, 1.165) is 6.07 Å². The average Bonchev–Trinajstić information content (AvgIpc) is 3.60. The van der Waals surface area contributed by atoms with Crippen LogP contribution in [-0.2, 0) is 11.3 Å². The van der Waals surface area contributed by atoms with Crippen molar-refractivity contribution in [3.63, 3.8) is 0 Å². The maximum Gasteiger partial charge on any atom is 0.226 e. The summed E-state index contributed by atoms with van der Waals surface area (Å²) in [6.07, 6.45) is 6.64. The van der Waals surface area contributed by atoms with Gasteiger partial charge in [0.15, 0.2) is 5.78 Å². The third-order valence-electron chi connectivity index (χ3n) is 5.43. The number of pyridine rings is 1. The van der Waals surface area contributed by atoms with E-state index in [1.54, 1.807) is 0 Å². The summed E-state index contributed by atoms with van der Waals surface area (Å²) >= 11 is 0. The quantitative estimate of drug-likeness (QED) is 0.507. The van der Waals surface area contributed by atoms with E-state index in [0.29, 0.717) is 24.1 Å². The van der Waals surface area contributed by atoms with E-state index in [2.05, 4.69) is 25.6 Å². The molecule has 0 aliphatic heterocycles. The first-order valence-electron chi connectivity index (χ1n) is 10.1. The Balaban J connectivity index is 1.37. The molecule has 10 heteroatoms. The first-order valence-corrected chi connectivity index (χ1v) is 10.1. The number of aromatic nitrogens is 3. The zero-order valence-corrected chi connectivity index (χ0v) is 17.3. The van der Waals surface area contributed by atoms with Gasteiger partial charge in [-0.15, -0.1) is 0 Å². The standard InChI is InChI=1S/C23H18F2N6O2/c24-16-1-2-19(14(5-16)8-26)31-17-6-18(25)20(29-11-17)12-30-22(33)23(3-4-23)7-21(32)15-9-27-13-28-10-15/h1-2,5-6,9-11,13,31H,3-4,7,12H2,(H,30,33). The van der Waals surface area contributed by atoms with Crippen molar-refractivity contribution in [2.75, 3.05) is 5.32 Å². The Labute approximate surface area is 187 Å². The molecule has 2 N–H and O–H groups in total. The first-order chi connectivity index (χ1) is 15.9. The van der Waals surface area contributed by atoms with Crippen LogP contribution in [0, 0.1) is 28.4 Å². The number of carbonyl (C=O) groups excluding carboxylic acids is 2. The van der Waals surface area contributed by atoms with Gasteiger partial charge in [0.2, 0.25) is 5.91 Å². The number of hydrogen-bond donors (Lipinski definition) is 2. The molecule has 0 bridgehead atoms. The predicted molar refractivity (Wildman–Crippen MR) is 113 cm³/mol. The molecule has 2 heterocycles. The minimum Gasteiger partial charge on any atom is -0.353 e. The van der Waals surface area contributed by atoms with Crippen LogP contribution in [0.2, 0.25) is 0 Å². The minimum absolute atomic E-state index is 0.0205. The van der Waals surface area contributed by atoms with Gasteiger partial charge in [0.1, 0.15) is 24.0 Å². The van der Waals surface area contributed by atoms with Gasteiger partial charge in [-0.25, -0.2) is 18.7 Å². The van der Waals surface area contributed by atoms with Gasteiger partial charge in [-0.05, 0) is 31.0 Å². The summed E-state index contributed by atoms with van der Waals surface area (Å²) < 4.78 is 27.8. The van der Waals surface area contributed by atoms with Gasteiger partial charge in [-0.1, -0.05) is 0 Å². The topological polar surface area (TPSA) is 121 Å². The van der Waals surface area contributed by atoms with Crippen LogP contribution in [0.25, 0.3) is 0 Å². The number of benzene rings is 1. The number of anilines is 2. The Morgan fingerprint density at radius 2 is 1.88 bits per heavy atom. The molecule has 1 aliphatic rings. The Morgan fingerprint density at radius 1 is 1.12 bits per heavy atom. The van der Waals surface area contributed by atoms with Crippen molar-refractivity contribution in [3.05, 3.63) is 77.6 Å². The summed E-state index contributed by atoms with van der Waals surface area (Å²) in [6, 6.07) is 6.66. The molecule has 0 atom stereocenters. The van der Waals surface area contributed by atoms with Gasteiger partial charge < -0.3 is 10.6 Å². The predicted octanol–water partition coefficient (Wildman–Crippen LogP) is 3.43. The van der Waals surface area contributed by atoms with Gasteiger partial charge in [-0.2, -0.15) is 5.26 Å². The molecular weight excluding hydrogens is 430 g/mol. The Morgan fingerprint density at radius 3 is 2.55 bits per heavy atom. The molecule has 1 saturated carbocycles. The highest BCUT2D eigenvalue weighted by atomic mass is 19.1. The highest BCUT2D eigenvalue weighted by Gasteiger charge is 2.51. The lowest BCUT2D eigenvalue weighted by Gasteiger charge is -2.15. The number of halogens is 2. The molecule has 166 valence electrons. The molecule has 1 fully saturated rings. The molecule has 1 aromatic carbocycles. The van der Waals surface area contributed by atoms with Crippen LogP contribution in [0.4, 0.5) is 20.2 Å². The zero-order valence-electron chi connectivity index (χ0n) is 17.3. The van der Waals surface area contributed by atoms with E-state index in [4.69, 9.17) is 5.26 Å². The molecule has 0 spiro atoms. The summed E-state index contributed by atoms with van der Waals surface area (Å²) in [5.41, 5.74) is 0.199. The number of amides is 1. The summed E-state index contributed by atoms with van der Waals surface area (Å²) in [4.78, 5) is 36.7. The summed E-state index contributed by atoms with van der Waals surface area (Å²) in [5, 5.41) is 14.6. The third kappa shape index (κ3) is 4.98. The highest BCUT2D eigenvalue weighted by molar-refractivity contribution is 6.00. The number of nitrogens with zero attached hydrogens (tertiary/aromatic N) is 4. The summed E-state index contributed by atoms with van der Waals surface area (Å²) in [5.74, 6) is -1.77. The smallest absolute Gasteiger partial charge is 0.226 e. The van der Waals surface area contributed by atoms with E-state index < -0.39 is 17.0 Å². The number of carbonyl (C=O) groups is 2. The largest absolute Gasteiger partial charge is 0.353 e. The number of nitrogens with one attached hydrogen (secondary N) is 2. The normalized spacial score (nSPS) is 13.6. The molecule has 1 amide bonds. The van der Waals surface area contributed by atoms with Crippen LogP contribution in [0.3, 0.4) is 0 Å². The molecule has 8 nitrogen and oxygen atoms in total. The fourth-order valence-corrected chi connectivity index (χ4v) is 3.38. The van der Waals surface area contributed by atoms with Crippen molar-refractivity contribution in [3.8, 4) is 6.07 Å². The lowest BCUT2D eigenvalue weighted by atomic mass is 9.96. The maximum atomic E-state index is 14.5. The Hall–Kier alpha value is -4.26. The van der Waals surface area contributed by atoms with Crippen molar-refractivity contribution in [2.45, 2.75) is 25.8 Å². The summed E-state index contributed by atoms with van der Waals surface area (Å²) in [6.45, 7) is -0.144. The van der Waals surface area contributed by atoms with E-state index in [1.807, 2.05) is 6.07 Å². The second-order valence-electron chi connectivity index (χ2n) is 7.77. The van der Waals surface area contributed by atoms with Crippen LogP contribution in [0.15, 0.2) is 49.2 Å². The van der Waals surface area contributed by atoms with Crippen molar-refractivity contribution >= 4 is 23.1 Å². The fourth-order valence-electron chi connectivity index (χ4n) is 3.38. The molecule has 3 aromatic rings. The number of Topliss-reactive ketones (excluding diaryl/α,β-unsaturated/α-hetero) is 1. The molecule has 1 aliphatic carbocycles. The summed E-state index contributed by atoms with van der Waals surface area (Å²) in [7, 11) is 0. The van der Waals surface area contributed by atoms with Crippen LogP contribution in [0.5, 0.6) is 0 Å². The molecule has 4 rings (SSSR count). The zero-order chi connectivity index (χ0) is 23.4. The lowest BCUT2D eigenvalue weighted by Crippen LogP contribution is -2.33. The number of nitriles is 1. The molecule has 0 unspecified atom stereocenters. The van der Waals surface area contributed by atoms with Gasteiger partial charge in [0, 0.05) is 24.9 Å². The van der Waals surface area contributed by atoms with Crippen molar-refractivity contribution in [1.29, 1.82) is 5.26 Å². The number of rotatable bonds is 8. The van der Waals surface area contributed by atoms with Crippen LogP contribution in [-0.4, -0.2) is 26.6 Å². The van der Waals surface area contributed by atoms with Gasteiger partial charge in [0.25, 0.3) is 0 Å². The van der Waals surface area contributed by atoms with Gasteiger partial charge >= 0.3 is 0 Å². The van der Waals surface area contributed by atoms with Crippen LogP contribution in [0.1, 0.15) is 40.9 Å². The van der Waals surface area contributed by atoms with Crippen LogP contribution < -0.4 is 10.6 Å². The van der Waals surface area contributed by atoms with Crippen molar-refractivity contribution in [1.82, 2.24) is 20.3 Å². The minimum atomic E-state index is -0.804. The fraction of sp³-hybridized carbons (Fsp3) is 0.217. The Kier molecular flexibility index (Phi) is 6.04. The Bertz CT molecular complexity index is 1260. The second-order valence-corrected chi connectivity index (χ2v) is 7.77. The average molecular weight is 448 g/mol. The van der Waals surface area contributed by atoms with Crippen molar-refractivity contribution < 1.29 is 18.4 Å². The van der Waals surface area contributed by atoms with E-state index in [1.165, 1.54) is 43.1 Å². The monoisotopic (exact) mass is 448 g/mol. The highest BCUT2D eigenvalue weighted by Crippen LogP contribution is 2.49. The SMILES string of the molecule is N#Cc1cc(F)ccc1Nc1cnc(CNC(=O)C2(CC(=O)c3cncnc3)CC2)c(F)c1. The van der Waals surface area contributed by atoms with E-state index >= 15 is 0 Å². The third-order valence-corrected chi connectivity index (χ3v) is 5.43. The molecular formula is C23H18F2N6O2. The molecule has 2 aromatic heterocycles. The van der Waals surface area contributed by atoms with Gasteiger partial charge in [-0.3, -0.25) is 14.6 Å². The number of hydrogen-bond acceptors (Lipinski definition) is 7. The molecule has 33 heavy (non-hydrogen) atoms. The second kappa shape index (κ2) is 9.08. The number of ketones is 1. The lowest BCUT2D eigenvalue weighted by molar-refractivity contribution is -0.126. The molecule has 0 saturated heterocycles. The van der Waals surface area contributed by atoms with Crippen molar-refractivity contribution in [2.24, 2.45) is 5.41 Å². The first kappa shape index (κ1) is 22.0. The van der Waals surface area contributed by atoms with Gasteiger partial charge in [0.05, 0.1) is 46.4 Å². The van der Waals surface area contributed by atoms with Crippen LogP contribution >= 0.6 is 0 Å². The molecule has 0 radical (unpaired) electrons.